The Morgan fingerprint density at radius 2 is 1.62 bits per heavy atom. The topological polar surface area (TPSA) is 44.2 Å². The molecule has 0 fully saturated rings. The third kappa shape index (κ3) is 4.86. The zero-order valence-electron chi connectivity index (χ0n) is 13.2. The highest BCUT2D eigenvalue weighted by Crippen LogP contribution is 2.32. The third-order valence-electron chi connectivity index (χ3n) is 3.22. The van der Waals surface area contributed by atoms with Crippen LogP contribution in [0.15, 0.2) is 60.7 Å². The molecular weight excluding hydrogens is 369 g/mol. The van der Waals surface area contributed by atoms with E-state index in [2.05, 4.69) is 9.97 Å². The maximum atomic E-state index is 12.8. The molecule has 0 bridgehead atoms. The second kappa shape index (κ2) is 7.61. The van der Waals surface area contributed by atoms with E-state index < -0.39 is 11.7 Å². The molecule has 0 atom stereocenters. The molecule has 4 nitrogen and oxygen atoms in total. The number of rotatable bonds is 5. The number of pyridine rings is 2. The molecule has 0 unspecified atom stereocenters. The minimum atomic E-state index is -4.44. The summed E-state index contributed by atoms with van der Waals surface area (Å²) in [7, 11) is 0. The van der Waals surface area contributed by atoms with Gasteiger partial charge < -0.3 is 9.47 Å². The molecule has 0 aliphatic carbocycles. The maximum Gasteiger partial charge on any atom is 0.416 e. The number of benzene rings is 1. The zero-order chi connectivity index (χ0) is 18.6. The van der Waals surface area contributed by atoms with Crippen molar-refractivity contribution in [3.63, 3.8) is 0 Å². The minimum Gasteiger partial charge on any atom is -0.471 e. The normalized spacial score (nSPS) is 11.2. The number of hydrogen-bond acceptors (Lipinski definition) is 4. The molecule has 0 saturated heterocycles. The summed E-state index contributed by atoms with van der Waals surface area (Å²) in [4.78, 5) is 8.20. The van der Waals surface area contributed by atoms with Crippen molar-refractivity contribution in [2.75, 3.05) is 0 Å². The minimum absolute atomic E-state index is 0.0434. The summed E-state index contributed by atoms with van der Waals surface area (Å²) in [5.41, 5.74) is -0.266. The van der Waals surface area contributed by atoms with E-state index in [9.17, 15) is 13.2 Å². The highest BCUT2D eigenvalue weighted by atomic mass is 35.5. The highest BCUT2D eigenvalue weighted by Gasteiger charge is 2.30. The predicted molar refractivity (Wildman–Crippen MR) is 89.3 cm³/mol. The summed E-state index contributed by atoms with van der Waals surface area (Å²) in [6.45, 7) is 0.104. The van der Waals surface area contributed by atoms with Crippen molar-refractivity contribution in [2.24, 2.45) is 0 Å². The van der Waals surface area contributed by atoms with Gasteiger partial charge >= 0.3 is 6.18 Å². The number of alkyl halides is 3. The van der Waals surface area contributed by atoms with Crippen molar-refractivity contribution in [3.05, 3.63) is 77.1 Å². The lowest BCUT2D eigenvalue weighted by atomic mass is 10.2. The molecule has 0 N–H and O–H groups in total. The van der Waals surface area contributed by atoms with Gasteiger partial charge in [-0.15, -0.1) is 0 Å². The summed E-state index contributed by atoms with van der Waals surface area (Å²) in [5.74, 6) is 0.537. The van der Waals surface area contributed by atoms with E-state index in [1.807, 2.05) is 0 Å². The Morgan fingerprint density at radius 3 is 2.38 bits per heavy atom. The molecule has 3 rings (SSSR count). The molecule has 0 amide bonds. The molecule has 26 heavy (non-hydrogen) atoms. The van der Waals surface area contributed by atoms with Crippen molar-refractivity contribution in [1.82, 2.24) is 9.97 Å². The highest BCUT2D eigenvalue weighted by molar-refractivity contribution is 6.29. The average molecular weight is 381 g/mol. The quantitative estimate of drug-likeness (QED) is 0.547. The monoisotopic (exact) mass is 380 g/mol. The Balaban J connectivity index is 1.69. The van der Waals surface area contributed by atoms with Gasteiger partial charge in [0.1, 0.15) is 17.5 Å². The number of ether oxygens (including phenoxy) is 2. The zero-order valence-corrected chi connectivity index (χ0v) is 14.0. The molecule has 2 aromatic heterocycles. The van der Waals surface area contributed by atoms with E-state index in [0.29, 0.717) is 16.7 Å². The van der Waals surface area contributed by atoms with Gasteiger partial charge in [0.2, 0.25) is 11.8 Å². The Labute approximate surface area is 152 Å². The van der Waals surface area contributed by atoms with Gasteiger partial charge in [0.15, 0.2) is 0 Å². The van der Waals surface area contributed by atoms with Gasteiger partial charge in [0.05, 0.1) is 11.3 Å². The molecule has 0 radical (unpaired) electrons. The SMILES string of the molecule is FC(F)(F)c1cccc(Oc2cccc(COc3cccc(Cl)n3)n2)c1. The van der Waals surface area contributed by atoms with Crippen molar-refractivity contribution < 1.29 is 22.6 Å². The van der Waals surface area contributed by atoms with Gasteiger partial charge in [0.25, 0.3) is 0 Å². The van der Waals surface area contributed by atoms with Crippen LogP contribution in [0, 0.1) is 0 Å². The lowest BCUT2D eigenvalue weighted by Crippen LogP contribution is -2.04. The smallest absolute Gasteiger partial charge is 0.416 e. The summed E-state index contributed by atoms with van der Waals surface area (Å²) in [6, 6.07) is 14.5. The summed E-state index contributed by atoms with van der Waals surface area (Å²) >= 11 is 5.78. The molecule has 0 aliphatic rings. The molecule has 8 heteroatoms. The van der Waals surface area contributed by atoms with Crippen LogP contribution in [0.1, 0.15) is 11.3 Å². The van der Waals surface area contributed by atoms with Crippen LogP contribution in [0.5, 0.6) is 17.5 Å². The Kier molecular flexibility index (Phi) is 5.27. The summed E-state index contributed by atoms with van der Waals surface area (Å²) in [5, 5.41) is 0.303. The van der Waals surface area contributed by atoms with Crippen LogP contribution >= 0.6 is 11.6 Å². The summed E-state index contributed by atoms with van der Waals surface area (Å²) < 4.78 is 49.2. The van der Waals surface area contributed by atoms with Crippen LogP contribution < -0.4 is 9.47 Å². The fraction of sp³-hybridized carbons (Fsp3) is 0.111. The first-order valence-corrected chi connectivity index (χ1v) is 7.84. The van der Waals surface area contributed by atoms with E-state index in [1.54, 1.807) is 36.4 Å². The van der Waals surface area contributed by atoms with Crippen molar-refractivity contribution in [1.29, 1.82) is 0 Å². The molecule has 134 valence electrons. The third-order valence-corrected chi connectivity index (χ3v) is 3.43. The van der Waals surface area contributed by atoms with Crippen LogP contribution in [-0.4, -0.2) is 9.97 Å². The van der Waals surface area contributed by atoms with Gasteiger partial charge in [-0.2, -0.15) is 13.2 Å². The molecule has 0 aliphatic heterocycles. The molecule has 2 heterocycles. The summed E-state index contributed by atoms with van der Waals surface area (Å²) in [6.07, 6.45) is -4.44. The van der Waals surface area contributed by atoms with Crippen molar-refractivity contribution >= 4 is 11.6 Å². The van der Waals surface area contributed by atoms with Gasteiger partial charge in [-0.25, -0.2) is 9.97 Å². The van der Waals surface area contributed by atoms with E-state index >= 15 is 0 Å². The lowest BCUT2D eigenvalue weighted by Gasteiger charge is -2.10. The van der Waals surface area contributed by atoms with Crippen LogP contribution in [-0.2, 0) is 12.8 Å². The standard InChI is InChI=1S/C18H12ClF3N2O2/c19-15-7-3-8-16(24-15)25-11-13-5-2-9-17(23-13)26-14-6-1-4-12(10-14)18(20,21)22/h1-10H,11H2. The number of hydrogen-bond donors (Lipinski definition) is 0. The first-order valence-electron chi connectivity index (χ1n) is 7.46. The number of nitrogens with zero attached hydrogens (tertiary/aromatic N) is 2. The fourth-order valence-electron chi connectivity index (χ4n) is 2.07. The number of aromatic nitrogens is 2. The second-order valence-corrected chi connectivity index (χ2v) is 5.57. The predicted octanol–water partition coefficient (Wildman–Crippen LogP) is 5.52. The van der Waals surface area contributed by atoms with E-state index in [0.717, 1.165) is 12.1 Å². The van der Waals surface area contributed by atoms with Crippen molar-refractivity contribution in [3.8, 4) is 17.5 Å². The van der Waals surface area contributed by atoms with Crippen LogP contribution in [0.2, 0.25) is 5.15 Å². The van der Waals surface area contributed by atoms with Gasteiger partial charge in [-0.1, -0.05) is 29.8 Å². The molecule has 1 aromatic carbocycles. The van der Waals surface area contributed by atoms with Crippen LogP contribution in [0.25, 0.3) is 0 Å². The molecule has 3 aromatic rings. The largest absolute Gasteiger partial charge is 0.471 e. The van der Waals surface area contributed by atoms with Crippen molar-refractivity contribution in [2.45, 2.75) is 12.8 Å². The van der Waals surface area contributed by atoms with Gasteiger partial charge in [-0.05, 0) is 30.3 Å². The van der Waals surface area contributed by atoms with Gasteiger partial charge in [0, 0.05) is 12.1 Å². The van der Waals surface area contributed by atoms with E-state index in [-0.39, 0.29) is 18.2 Å². The lowest BCUT2D eigenvalue weighted by molar-refractivity contribution is -0.137. The maximum absolute atomic E-state index is 12.8. The molecule has 0 spiro atoms. The molecule has 0 saturated carbocycles. The van der Waals surface area contributed by atoms with Crippen LogP contribution in [0.4, 0.5) is 13.2 Å². The van der Waals surface area contributed by atoms with Gasteiger partial charge in [-0.3, -0.25) is 0 Å². The number of halogens is 4. The van der Waals surface area contributed by atoms with E-state index in [1.165, 1.54) is 12.1 Å². The molecular formula is C18H12ClF3N2O2. The van der Waals surface area contributed by atoms with Crippen LogP contribution in [0.3, 0.4) is 0 Å². The first kappa shape index (κ1) is 18.0. The Hall–Kier alpha value is -2.80. The Bertz CT molecular complexity index is 903. The average Bonchev–Trinajstić information content (AvgIpc) is 2.60. The fourth-order valence-corrected chi connectivity index (χ4v) is 2.23. The Morgan fingerprint density at radius 1 is 0.885 bits per heavy atom. The second-order valence-electron chi connectivity index (χ2n) is 5.18. The first-order chi connectivity index (χ1) is 12.4. The van der Waals surface area contributed by atoms with E-state index in [4.69, 9.17) is 21.1 Å².